The molecule has 2 atom stereocenters. The minimum absolute atomic E-state index is 0.00558. The molecule has 1 rings (SSSR count). The van der Waals surface area contributed by atoms with Gasteiger partial charge in [-0.05, 0) is 12.0 Å². The number of hydrogen-bond acceptors (Lipinski definition) is 0. The van der Waals surface area contributed by atoms with Crippen LogP contribution in [0.25, 0.3) is 0 Å². The summed E-state index contributed by atoms with van der Waals surface area (Å²) in [5.41, 5.74) is 0.0184. The van der Waals surface area contributed by atoms with Gasteiger partial charge in [0.15, 0.2) is 11.6 Å². The molecule has 0 saturated heterocycles. The van der Waals surface area contributed by atoms with Crippen LogP contribution < -0.4 is 0 Å². The first-order valence-electron chi connectivity index (χ1n) is 4.75. The van der Waals surface area contributed by atoms with Crippen LogP contribution in [0.2, 0.25) is 0 Å². The molecule has 0 bridgehead atoms. The van der Waals surface area contributed by atoms with E-state index in [1.54, 1.807) is 0 Å². The lowest BCUT2D eigenvalue weighted by Gasteiger charge is -2.17. The third kappa shape index (κ3) is 2.65. The Kier molecular flexibility index (Phi) is 4.03. The average Bonchev–Trinajstić information content (AvgIpc) is 2.21. The molecular formula is C11H12ClF3. The van der Waals surface area contributed by atoms with Crippen molar-refractivity contribution in [2.24, 2.45) is 5.92 Å². The zero-order valence-corrected chi connectivity index (χ0v) is 9.28. The van der Waals surface area contributed by atoms with Crippen molar-refractivity contribution in [3.63, 3.8) is 0 Å². The van der Waals surface area contributed by atoms with Crippen LogP contribution in [-0.2, 0) is 0 Å². The van der Waals surface area contributed by atoms with E-state index in [9.17, 15) is 13.2 Å². The van der Waals surface area contributed by atoms with E-state index in [1.807, 2.05) is 13.8 Å². The van der Waals surface area contributed by atoms with Gasteiger partial charge >= 0.3 is 0 Å². The molecule has 0 aliphatic heterocycles. The van der Waals surface area contributed by atoms with E-state index >= 15 is 0 Å². The van der Waals surface area contributed by atoms with Gasteiger partial charge in [-0.1, -0.05) is 20.3 Å². The third-order valence-electron chi connectivity index (χ3n) is 2.48. The molecule has 0 nitrogen and oxygen atoms in total. The van der Waals surface area contributed by atoms with Gasteiger partial charge in [0.1, 0.15) is 5.82 Å². The Labute approximate surface area is 92.1 Å². The highest BCUT2D eigenvalue weighted by Crippen LogP contribution is 2.33. The maximum absolute atomic E-state index is 13.3. The number of hydrogen-bond donors (Lipinski definition) is 0. The Morgan fingerprint density at radius 2 is 1.67 bits per heavy atom. The fourth-order valence-electron chi connectivity index (χ4n) is 1.26. The van der Waals surface area contributed by atoms with Crippen LogP contribution in [0.5, 0.6) is 0 Å². The van der Waals surface area contributed by atoms with Gasteiger partial charge in [0.25, 0.3) is 0 Å². The van der Waals surface area contributed by atoms with Crippen molar-refractivity contribution in [2.45, 2.75) is 25.6 Å². The summed E-state index contributed by atoms with van der Waals surface area (Å²) in [4.78, 5) is 0. The van der Waals surface area contributed by atoms with Gasteiger partial charge in [-0.3, -0.25) is 0 Å². The Balaban J connectivity index is 3.09. The van der Waals surface area contributed by atoms with Crippen molar-refractivity contribution < 1.29 is 13.2 Å². The van der Waals surface area contributed by atoms with Crippen LogP contribution in [0.15, 0.2) is 12.1 Å². The number of benzene rings is 1. The number of halogens is 4. The first-order chi connectivity index (χ1) is 6.97. The molecule has 15 heavy (non-hydrogen) atoms. The van der Waals surface area contributed by atoms with Crippen LogP contribution in [0, 0.1) is 23.4 Å². The Morgan fingerprint density at radius 3 is 2.20 bits per heavy atom. The molecule has 84 valence electrons. The van der Waals surface area contributed by atoms with Crippen molar-refractivity contribution in [3.05, 3.63) is 35.1 Å². The highest BCUT2D eigenvalue weighted by Gasteiger charge is 2.20. The molecule has 0 heterocycles. The normalized spacial score (nSPS) is 15.1. The molecule has 0 amide bonds. The second kappa shape index (κ2) is 4.88. The molecule has 1 aromatic carbocycles. The first-order valence-corrected chi connectivity index (χ1v) is 5.19. The summed E-state index contributed by atoms with van der Waals surface area (Å²) >= 11 is 5.96. The molecule has 0 aliphatic carbocycles. The quantitative estimate of drug-likeness (QED) is 0.538. The van der Waals surface area contributed by atoms with E-state index in [4.69, 9.17) is 11.6 Å². The Bertz CT molecular complexity index is 352. The van der Waals surface area contributed by atoms with Crippen molar-refractivity contribution in [1.29, 1.82) is 0 Å². The fourth-order valence-corrected chi connectivity index (χ4v) is 1.61. The number of rotatable bonds is 3. The summed E-state index contributed by atoms with van der Waals surface area (Å²) in [6, 6.07) is 1.36. The third-order valence-corrected chi connectivity index (χ3v) is 3.15. The van der Waals surface area contributed by atoms with Crippen molar-refractivity contribution >= 4 is 11.6 Å². The topological polar surface area (TPSA) is 0 Å². The van der Waals surface area contributed by atoms with Crippen molar-refractivity contribution in [1.82, 2.24) is 0 Å². The molecular weight excluding hydrogens is 225 g/mol. The van der Waals surface area contributed by atoms with Gasteiger partial charge in [-0.2, -0.15) is 0 Å². The van der Waals surface area contributed by atoms with E-state index in [0.29, 0.717) is 6.07 Å². The van der Waals surface area contributed by atoms with Crippen LogP contribution in [0.3, 0.4) is 0 Å². The zero-order valence-electron chi connectivity index (χ0n) is 8.53. The van der Waals surface area contributed by atoms with E-state index in [1.165, 1.54) is 0 Å². The monoisotopic (exact) mass is 236 g/mol. The van der Waals surface area contributed by atoms with Gasteiger partial charge in [-0.15, -0.1) is 11.6 Å². The largest absolute Gasteiger partial charge is 0.207 e. The van der Waals surface area contributed by atoms with Crippen LogP contribution in [0.4, 0.5) is 13.2 Å². The summed E-state index contributed by atoms with van der Waals surface area (Å²) in [5.74, 6) is -3.05. The highest BCUT2D eigenvalue weighted by atomic mass is 35.5. The van der Waals surface area contributed by atoms with E-state index in [-0.39, 0.29) is 11.5 Å². The van der Waals surface area contributed by atoms with Crippen LogP contribution in [0.1, 0.15) is 31.2 Å². The molecule has 0 aliphatic rings. The molecule has 4 heteroatoms. The fraction of sp³-hybridized carbons (Fsp3) is 0.455. The summed E-state index contributed by atoms with van der Waals surface area (Å²) < 4.78 is 38.8. The second-order valence-electron chi connectivity index (χ2n) is 3.58. The van der Waals surface area contributed by atoms with E-state index in [0.717, 1.165) is 12.5 Å². The van der Waals surface area contributed by atoms with Gasteiger partial charge in [0, 0.05) is 11.6 Å². The molecule has 0 radical (unpaired) electrons. The van der Waals surface area contributed by atoms with Crippen LogP contribution >= 0.6 is 11.6 Å². The Hall–Kier alpha value is -0.700. The highest BCUT2D eigenvalue weighted by molar-refractivity contribution is 6.21. The maximum atomic E-state index is 13.3. The minimum Gasteiger partial charge on any atom is -0.207 e. The van der Waals surface area contributed by atoms with Gasteiger partial charge < -0.3 is 0 Å². The van der Waals surface area contributed by atoms with Crippen molar-refractivity contribution in [2.75, 3.05) is 0 Å². The zero-order chi connectivity index (χ0) is 11.6. The second-order valence-corrected chi connectivity index (χ2v) is 4.05. The molecule has 0 saturated carbocycles. The minimum atomic E-state index is -1.19. The first kappa shape index (κ1) is 12.4. The average molecular weight is 237 g/mol. The smallest absolute Gasteiger partial charge is 0.161 e. The molecule has 0 N–H and O–H groups in total. The van der Waals surface area contributed by atoms with E-state index in [2.05, 4.69) is 0 Å². The molecule has 2 unspecified atom stereocenters. The SMILES string of the molecule is CCC(C)C(Cl)c1cc(F)c(F)cc1F. The predicted octanol–water partition coefficient (Wildman–Crippen LogP) is 4.43. The van der Waals surface area contributed by atoms with Gasteiger partial charge in [0.05, 0.1) is 5.38 Å². The van der Waals surface area contributed by atoms with Crippen molar-refractivity contribution in [3.8, 4) is 0 Å². The lowest BCUT2D eigenvalue weighted by molar-refractivity contribution is 0.474. The molecule has 0 aromatic heterocycles. The summed E-state index contributed by atoms with van der Waals surface area (Å²) in [6.45, 7) is 3.73. The lowest BCUT2D eigenvalue weighted by atomic mass is 9.97. The summed E-state index contributed by atoms with van der Waals surface area (Å²) in [7, 11) is 0. The molecule has 0 fully saturated rings. The predicted molar refractivity (Wildman–Crippen MR) is 54.4 cm³/mol. The summed E-state index contributed by atoms with van der Waals surface area (Å²) in [6.07, 6.45) is 0.743. The van der Waals surface area contributed by atoms with Gasteiger partial charge in [-0.25, -0.2) is 13.2 Å². The van der Waals surface area contributed by atoms with Gasteiger partial charge in [0.2, 0.25) is 0 Å². The number of alkyl halides is 1. The van der Waals surface area contributed by atoms with E-state index < -0.39 is 22.8 Å². The molecule has 1 aromatic rings. The maximum Gasteiger partial charge on any atom is 0.161 e. The molecule has 0 spiro atoms. The lowest BCUT2D eigenvalue weighted by Crippen LogP contribution is -2.06. The standard InChI is InChI=1S/C11H12ClF3/c1-3-6(2)11(12)7-4-9(14)10(15)5-8(7)13/h4-6,11H,3H2,1-2H3. The Morgan fingerprint density at radius 1 is 1.13 bits per heavy atom. The summed E-state index contributed by atoms with van der Waals surface area (Å²) in [5, 5.41) is -0.634. The van der Waals surface area contributed by atoms with Crippen LogP contribution in [-0.4, -0.2) is 0 Å².